The number of likely N-dealkylation sites (N-methyl/N-ethyl adjacent to an activating group) is 1. The molecule has 0 aromatic heterocycles. The van der Waals surface area contributed by atoms with Crippen LogP contribution in [0.1, 0.15) is 23.2 Å². The summed E-state index contributed by atoms with van der Waals surface area (Å²) < 4.78 is 0. The lowest BCUT2D eigenvalue weighted by Crippen LogP contribution is -2.46. The highest BCUT2D eigenvalue weighted by atomic mass is 16.2. The molecule has 1 fully saturated rings. The van der Waals surface area contributed by atoms with Crippen molar-refractivity contribution in [1.82, 2.24) is 10.2 Å². The molecule has 4 nitrogen and oxygen atoms in total. The van der Waals surface area contributed by atoms with Crippen molar-refractivity contribution in [2.45, 2.75) is 18.9 Å². The van der Waals surface area contributed by atoms with Crippen molar-refractivity contribution >= 4 is 17.3 Å². The maximum atomic E-state index is 12.7. The number of para-hydroxylation sites is 1. The Bertz CT molecular complexity index is 657. The first kappa shape index (κ1) is 15.6. The van der Waals surface area contributed by atoms with Gasteiger partial charge in [0.2, 0.25) is 0 Å². The largest absolute Gasteiger partial charge is 0.356 e. The summed E-state index contributed by atoms with van der Waals surface area (Å²) >= 11 is 0. The summed E-state index contributed by atoms with van der Waals surface area (Å²) in [4.78, 5) is 14.7. The van der Waals surface area contributed by atoms with Crippen LogP contribution in [-0.4, -0.2) is 37.0 Å². The average molecular weight is 309 g/mol. The standard InChI is InChI=1S/C19H23N3O/c1-20-18-11-6-12-22(14-18)19(23)15-7-5-10-17(13-15)21-16-8-3-2-4-9-16/h2-5,7-10,13,18,20-21H,6,11-12,14H2,1H3. The van der Waals surface area contributed by atoms with Crippen LogP contribution in [0.5, 0.6) is 0 Å². The number of nitrogens with one attached hydrogen (secondary N) is 2. The van der Waals surface area contributed by atoms with E-state index < -0.39 is 0 Å². The Labute approximate surface area is 137 Å². The molecule has 0 aliphatic carbocycles. The number of hydrogen-bond donors (Lipinski definition) is 2. The molecule has 3 rings (SSSR count). The molecule has 0 radical (unpaired) electrons. The summed E-state index contributed by atoms with van der Waals surface area (Å²) in [6.45, 7) is 1.62. The van der Waals surface area contributed by atoms with Gasteiger partial charge in [-0.15, -0.1) is 0 Å². The molecule has 1 amide bonds. The number of likely N-dealkylation sites (tertiary alicyclic amines) is 1. The highest BCUT2D eigenvalue weighted by molar-refractivity contribution is 5.95. The number of rotatable bonds is 4. The van der Waals surface area contributed by atoms with Crippen molar-refractivity contribution in [2.24, 2.45) is 0 Å². The highest BCUT2D eigenvalue weighted by Gasteiger charge is 2.23. The van der Waals surface area contributed by atoms with E-state index in [0.717, 1.165) is 42.9 Å². The van der Waals surface area contributed by atoms with Gasteiger partial charge in [0.15, 0.2) is 0 Å². The summed E-state index contributed by atoms with van der Waals surface area (Å²) in [5.74, 6) is 0.113. The number of benzene rings is 2. The molecule has 0 bridgehead atoms. The first-order valence-corrected chi connectivity index (χ1v) is 8.15. The van der Waals surface area contributed by atoms with Gasteiger partial charge >= 0.3 is 0 Å². The van der Waals surface area contributed by atoms with Crippen molar-refractivity contribution in [3.05, 3.63) is 60.2 Å². The number of anilines is 2. The lowest BCUT2D eigenvalue weighted by atomic mass is 10.0. The van der Waals surface area contributed by atoms with Crippen molar-refractivity contribution in [1.29, 1.82) is 0 Å². The SMILES string of the molecule is CNC1CCCN(C(=O)c2cccc(Nc3ccccc3)c2)C1. The second kappa shape index (κ2) is 7.29. The molecular formula is C19H23N3O. The molecule has 0 saturated carbocycles. The summed E-state index contributed by atoms with van der Waals surface area (Å²) in [6, 6.07) is 18.1. The zero-order valence-corrected chi connectivity index (χ0v) is 13.5. The van der Waals surface area contributed by atoms with Crippen molar-refractivity contribution < 1.29 is 4.79 Å². The molecule has 1 unspecified atom stereocenters. The number of carbonyl (C=O) groups is 1. The van der Waals surface area contributed by atoms with Crippen LogP contribution in [0.3, 0.4) is 0 Å². The van der Waals surface area contributed by atoms with Crippen LogP contribution in [0.25, 0.3) is 0 Å². The molecule has 1 aliphatic rings. The molecule has 2 aromatic rings. The van der Waals surface area contributed by atoms with E-state index in [1.54, 1.807) is 0 Å². The fraction of sp³-hybridized carbons (Fsp3) is 0.316. The Morgan fingerprint density at radius 2 is 1.87 bits per heavy atom. The lowest BCUT2D eigenvalue weighted by molar-refractivity contribution is 0.0698. The van der Waals surface area contributed by atoms with Gasteiger partial charge in [-0.25, -0.2) is 0 Å². The van der Waals surface area contributed by atoms with E-state index in [0.29, 0.717) is 6.04 Å². The molecule has 1 aliphatic heterocycles. The molecule has 1 saturated heterocycles. The number of nitrogens with zero attached hydrogens (tertiary/aromatic N) is 1. The van der Waals surface area contributed by atoms with Crippen molar-refractivity contribution in [3.8, 4) is 0 Å². The van der Waals surface area contributed by atoms with Gasteiger partial charge in [0.1, 0.15) is 0 Å². The minimum atomic E-state index is 0.113. The minimum absolute atomic E-state index is 0.113. The van der Waals surface area contributed by atoms with E-state index in [9.17, 15) is 4.79 Å². The van der Waals surface area contributed by atoms with Gasteiger partial charge in [-0.2, -0.15) is 0 Å². The van der Waals surface area contributed by atoms with E-state index >= 15 is 0 Å². The van der Waals surface area contributed by atoms with E-state index in [4.69, 9.17) is 0 Å². The highest BCUT2D eigenvalue weighted by Crippen LogP contribution is 2.19. The summed E-state index contributed by atoms with van der Waals surface area (Å²) in [5, 5.41) is 6.62. The first-order valence-electron chi connectivity index (χ1n) is 8.15. The van der Waals surface area contributed by atoms with Crippen LogP contribution in [0.2, 0.25) is 0 Å². The second-order valence-corrected chi connectivity index (χ2v) is 5.95. The van der Waals surface area contributed by atoms with Crippen molar-refractivity contribution in [3.63, 3.8) is 0 Å². The monoisotopic (exact) mass is 309 g/mol. The fourth-order valence-electron chi connectivity index (χ4n) is 3.00. The molecule has 0 spiro atoms. The van der Waals surface area contributed by atoms with E-state index in [-0.39, 0.29) is 5.91 Å². The minimum Gasteiger partial charge on any atom is -0.356 e. The maximum absolute atomic E-state index is 12.7. The van der Waals surface area contributed by atoms with E-state index in [2.05, 4.69) is 10.6 Å². The Balaban J connectivity index is 1.72. The molecular weight excluding hydrogens is 286 g/mol. The summed E-state index contributed by atoms with van der Waals surface area (Å²) in [6.07, 6.45) is 2.19. The van der Waals surface area contributed by atoms with Gasteiger partial charge in [0.25, 0.3) is 5.91 Å². The Kier molecular flexibility index (Phi) is 4.93. The maximum Gasteiger partial charge on any atom is 0.253 e. The normalized spacial score (nSPS) is 17.8. The molecule has 23 heavy (non-hydrogen) atoms. The van der Waals surface area contributed by atoms with Crippen LogP contribution in [-0.2, 0) is 0 Å². The smallest absolute Gasteiger partial charge is 0.253 e. The van der Waals surface area contributed by atoms with Gasteiger partial charge in [0, 0.05) is 36.1 Å². The third-order valence-electron chi connectivity index (χ3n) is 4.29. The predicted octanol–water partition coefficient (Wildman–Crippen LogP) is 3.25. The molecule has 2 aromatic carbocycles. The predicted molar refractivity (Wildman–Crippen MR) is 94.2 cm³/mol. The summed E-state index contributed by atoms with van der Waals surface area (Å²) in [7, 11) is 1.96. The molecule has 2 N–H and O–H groups in total. The van der Waals surface area contributed by atoms with Crippen LogP contribution in [0.4, 0.5) is 11.4 Å². The zero-order valence-electron chi connectivity index (χ0n) is 13.5. The average Bonchev–Trinajstić information content (AvgIpc) is 2.62. The molecule has 1 heterocycles. The Morgan fingerprint density at radius 1 is 1.09 bits per heavy atom. The lowest BCUT2D eigenvalue weighted by Gasteiger charge is -2.32. The Morgan fingerprint density at radius 3 is 2.65 bits per heavy atom. The molecule has 120 valence electrons. The number of carbonyl (C=O) groups excluding carboxylic acids is 1. The van der Waals surface area contributed by atoms with E-state index in [1.165, 1.54) is 0 Å². The third kappa shape index (κ3) is 3.90. The van der Waals surface area contributed by atoms with Crippen LogP contribution < -0.4 is 10.6 Å². The first-order chi connectivity index (χ1) is 11.3. The Hall–Kier alpha value is -2.33. The number of piperidine rings is 1. The van der Waals surface area contributed by atoms with Gasteiger partial charge in [-0.3, -0.25) is 4.79 Å². The second-order valence-electron chi connectivity index (χ2n) is 5.95. The van der Waals surface area contributed by atoms with Gasteiger partial charge in [-0.05, 0) is 50.2 Å². The van der Waals surface area contributed by atoms with Crippen molar-refractivity contribution in [2.75, 3.05) is 25.5 Å². The van der Waals surface area contributed by atoms with Crippen LogP contribution in [0.15, 0.2) is 54.6 Å². The molecule has 1 atom stereocenters. The fourth-order valence-corrected chi connectivity index (χ4v) is 3.00. The van der Waals surface area contributed by atoms with Gasteiger partial charge < -0.3 is 15.5 Å². The number of amides is 1. The zero-order chi connectivity index (χ0) is 16.1. The molecule has 4 heteroatoms. The van der Waals surface area contributed by atoms with Gasteiger partial charge in [0.05, 0.1) is 0 Å². The quantitative estimate of drug-likeness (QED) is 0.911. The van der Waals surface area contributed by atoms with Crippen LogP contribution >= 0.6 is 0 Å². The summed E-state index contributed by atoms with van der Waals surface area (Å²) in [5.41, 5.74) is 2.69. The topological polar surface area (TPSA) is 44.4 Å². The van der Waals surface area contributed by atoms with E-state index in [1.807, 2.05) is 66.5 Å². The van der Waals surface area contributed by atoms with Crippen LogP contribution in [0, 0.1) is 0 Å². The number of hydrogen-bond acceptors (Lipinski definition) is 3. The van der Waals surface area contributed by atoms with Gasteiger partial charge in [-0.1, -0.05) is 24.3 Å². The third-order valence-corrected chi connectivity index (χ3v) is 4.29.